The Morgan fingerprint density at radius 1 is 1.12 bits per heavy atom. The molecule has 1 atom stereocenters. The van der Waals surface area contributed by atoms with Crippen LogP contribution >= 0.6 is 0 Å². The van der Waals surface area contributed by atoms with Gasteiger partial charge in [0.1, 0.15) is 5.82 Å². The summed E-state index contributed by atoms with van der Waals surface area (Å²) in [4.78, 5) is 26.4. The second-order valence-electron chi connectivity index (χ2n) is 6.16. The van der Waals surface area contributed by atoms with E-state index in [2.05, 4.69) is 10.6 Å². The molecule has 2 aromatic carbocycles. The summed E-state index contributed by atoms with van der Waals surface area (Å²) in [7, 11) is 0. The van der Waals surface area contributed by atoms with Crippen molar-refractivity contribution in [3.05, 3.63) is 65.5 Å². The summed E-state index contributed by atoms with van der Waals surface area (Å²) in [5.41, 5.74) is 2.15. The van der Waals surface area contributed by atoms with E-state index in [0.717, 1.165) is 5.56 Å². The number of nitrogens with one attached hydrogen (secondary N) is 2. The van der Waals surface area contributed by atoms with Crippen LogP contribution in [0.5, 0.6) is 0 Å². The standard InChI is InChI=1S/C19H20FN3O2/c1-13-4-2-3-5-17(13)18(24)23-11-10-16(12-23)22-19(25)21-15-8-6-14(20)7-9-15/h2-9,16H,10-12H2,1H3,(H2,21,22,25). The van der Waals surface area contributed by atoms with E-state index < -0.39 is 0 Å². The van der Waals surface area contributed by atoms with Crippen LogP contribution in [0.25, 0.3) is 0 Å². The van der Waals surface area contributed by atoms with Crippen molar-refractivity contribution in [3.8, 4) is 0 Å². The molecule has 0 aromatic heterocycles. The van der Waals surface area contributed by atoms with Gasteiger partial charge < -0.3 is 15.5 Å². The molecular formula is C19H20FN3O2. The minimum absolute atomic E-state index is 0.0126. The van der Waals surface area contributed by atoms with Crippen LogP contribution in [0.2, 0.25) is 0 Å². The van der Waals surface area contributed by atoms with E-state index in [4.69, 9.17) is 0 Å². The van der Waals surface area contributed by atoms with Gasteiger partial charge in [-0.05, 0) is 49.2 Å². The number of hydrogen-bond donors (Lipinski definition) is 2. The van der Waals surface area contributed by atoms with Crippen molar-refractivity contribution >= 4 is 17.6 Å². The number of carbonyl (C=O) groups is 2. The summed E-state index contributed by atoms with van der Waals surface area (Å²) >= 11 is 0. The Hall–Kier alpha value is -2.89. The maximum absolute atomic E-state index is 12.9. The van der Waals surface area contributed by atoms with Crippen molar-refractivity contribution in [1.29, 1.82) is 0 Å². The van der Waals surface area contributed by atoms with Crippen LogP contribution in [0, 0.1) is 12.7 Å². The molecule has 0 spiro atoms. The van der Waals surface area contributed by atoms with E-state index in [-0.39, 0.29) is 23.8 Å². The van der Waals surface area contributed by atoms with Crippen LogP contribution in [0.1, 0.15) is 22.3 Å². The summed E-state index contributed by atoms with van der Waals surface area (Å²) < 4.78 is 12.9. The van der Waals surface area contributed by atoms with E-state index >= 15 is 0 Å². The average molecular weight is 341 g/mol. The minimum Gasteiger partial charge on any atom is -0.337 e. The molecule has 1 saturated heterocycles. The van der Waals surface area contributed by atoms with Gasteiger partial charge in [-0.1, -0.05) is 18.2 Å². The third kappa shape index (κ3) is 4.15. The first-order valence-electron chi connectivity index (χ1n) is 8.21. The third-order valence-electron chi connectivity index (χ3n) is 4.29. The number of aryl methyl sites for hydroxylation is 1. The highest BCUT2D eigenvalue weighted by Gasteiger charge is 2.28. The number of hydrogen-bond acceptors (Lipinski definition) is 2. The molecule has 1 aliphatic heterocycles. The molecule has 2 aromatic rings. The van der Waals surface area contributed by atoms with E-state index in [1.54, 1.807) is 4.90 Å². The van der Waals surface area contributed by atoms with E-state index in [1.165, 1.54) is 24.3 Å². The predicted molar refractivity (Wildman–Crippen MR) is 94.0 cm³/mol. The number of anilines is 1. The molecule has 2 N–H and O–H groups in total. The number of likely N-dealkylation sites (tertiary alicyclic amines) is 1. The number of amides is 3. The van der Waals surface area contributed by atoms with Crippen molar-refractivity contribution < 1.29 is 14.0 Å². The lowest BCUT2D eigenvalue weighted by atomic mass is 10.1. The second-order valence-corrected chi connectivity index (χ2v) is 6.16. The van der Waals surface area contributed by atoms with Crippen LogP contribution in [0.3, 0.4) is 0 Å². The van der Waals surface area contributed by atoms with Gasteiger partial charge in [0.15, 0.2) is 0 Å². The third-order valence-corrected chi connectivity index (χ3v) is 4.29. The van der Waals surface area contributed by atoms with Gasteiger partial charge in [0, 0.05) is 30.4 Å². The van der Waals surface area contributed by atoms with Gasteiger partial charge in [-0.3, -0.25) is 4.79 Å². The molecule has 0 bridgehead atoms. The fourth-order valence-corrected chi connectivity index (χ4v) is 2.93. The molecule has 3 rings (SSSR count). The van der Waals surface area contributed by atoms with Crippen molar-refractivity contribution in [3.63, 3.8) is 0 Å². The highest BCUT2D eigenvalue weighted by molar-refractivity contribution is 5.96. The molecule has 25 heavy (non-hydrogen) atoms. The number of rotatable bonds is 3. The van der Waals surface area contributed by atoms with E-state index in [1.807, 2.05) is 31.2 Å². The van der Waals surface area contributed by atoms with Gasteiger partial charge >= 0.3 is 6.03 Å². The fourth-order valence-electron chi connectivity index (χ4n) is 2.93. The molecule has 5 nitrogen and oxygen atoms in total. The van der Waals surface area contributed by atoms with E-state index in [0.29, 0.717) is 30.8 Å². The average Bonchev–Trinajstić information content (AvgIpc) is 3.05. The largest absolute Gasteiger partial charge is 0.337 e. The quantitative estimate of drug-likeness (QED) is 0.901. The SMILES string of the molecule is Cc1ccccc1C(=O)N1CCC(NC(=O)Nc2ccc(F)cc2)C1. The molecule has 0 radical (unpaired) electrons. The number of carbonyl (C=O) groups excluding carboxylic acids is 2. The molecule has 3 amide bonds. The summed E-state index contributed by atoms with van der Waals surface area (Å²) in [5, 5.41) is 5.52. The monoisotopic (exact) mass is 341 g/mol. The van der Waals surface area contributed by atoms with Crippen LogP contribution in [-0.4, -0.2) is 36.0 Å². The van der Waals surface area contributed by atoms with Gasteiger partial charge in [0.2, 0.25) is 0 Å². The van der Waals surface area contributed by atoms with Gasteiger partial charge in [0.05, 0.1) is 0 Å². The van der Waals surface area contributed by atoms with E-state index in [9.17, 15) is 14.0 Å². The Morgan fingerprint density at radius 2 is 1.84 bits per heavy atom. The normalized spacial score (nSPS) is 16.6. The first-order chi connectivity index (χ1) is 12.0. The first-order valence-corrected chi connectivity index (χ1v) is 8.21. The minimum atomic E-state index is -0.359. The zero-order chi connectivity index (χ0) is 17.8. The molecule has 1 aliphatic rings. The molecule has 130 valence electrons. The highest BCUT2D eigenvalue weighted by atomic mass is 19.1. The summed E-state index contributed by atoms with van der Waals surface area (Å²) in [6.07, 6.45) is 0.703. The van der Waals surface area contributed by atoms with Gasteiger partial charge in [-0.25, -0.2) is 9.18 Å². The molecular weight excluding hydrogens is 321 g/mol. The zero-order valence-electron chi connectivity index (χ0n) is 14.0. The van der Waals surface area contributed by atoms with Gasteiger partial charge in [0.25, 0.3) is 5.91 Å². The zero-order valence-corrected chi connectivity index (χ0v) is 14.0. The smallest absolute Gasteiger partial charge is 0.319 e. The lowest BCUT2D eigenvalue weighted by molar-refractivity contribution is 0.0789. The number of nitrogens with zero attached hydrogens (tertiary/aromatic N) is 1. The van der Waals surface area contributed by atoms with Crippen LogP contribution < -0.4 is 10.6 Å². The molecule has 6 heteroatoms. The highest BCUT2D eigenvalue weighted by Crippen LogP contribution is 2.16. The Balaban J connectivity index is 1.54. The molecule has 1 fully saturated rings. The first kappa shape index (κ1) is 17.0. The summed E-state index contributed by atoms with van der Waals surface area (Å²) in [5.74, 6) is -0.367. The molecule has 0 aliphatic carbocycles. The van der Waals surface area contributed by atoms with Gasteiger partial charge in [-0.15, -0.1) is 0 Å². The summed E-state index contributed by atoms with van der Waals surface area (Å²) in [6.45, 7) is 2.99. The molecule has 1 unspecified atom stereocenters. The van der Waals surface area contributed by atoms with Crippen molar-refractivity contribution in [2.75, 3.05) is 18.4 Å². The predicted octanol–water partition coefficient (Wildman–Crippen LogP) is 3.17. The Labute approximate surface area is 145 Å². The maximum atomic E-state index is 12.9. The Kier molecular flexibility index (Phi) is 4.97. The van der Waals surface area contributed by atoms with Crippen molar-refractivity contribution in [2.45, 2.75) is 19.4 Å². The van der Waals surface area contributed by atoms with Crippen LogP contribution in [-0.2, 0) is 0 Å². The fraction of sp³-hybridized carbons (Fsp3) is 0.263. The molecule has 0 saturated carbocycles. The van der Waals surface area contributed by atoms with Crippen molar-refractivity contribution in [2.24, 2.45) is 0 Å². The molecule has 1 heterocycles. The lowest BCUT2D eigenvalue weighted by Gasteiger charge is -2.18. The van der Waals surface area contributed by atoms with Gasteiger partial charge in [-0.2, -0.15) is 0 Å². The topological polar surface area (TPSA) is 61.4 Å². The Bertz CT molecular complexity index is 776. The van der Waals surface area contributed by atoms with Crippen LogP contribution in [0.4, 0.5) is 14.9 Å². The number of halogens is 1. The van der Waals surface area contributed by atoms with Crippen molar-refractivity contribution in [1.82, 2.24) is 10.2 Å². The second kappa shape index (κ2) is 7.34. The number of benzene rings is 2. The van der Waals surface area contributed by atoms with Crippen LogP contribution in [0.15, 0.2) is 48.5 Å². The number of urea groups is 1. The lowest BCUT2D eigenvalue weighted by Crippen LogP contribution is -2.40. The maximum Gasteiger partial charge on any atom is 0.319 e. The Morgan fingerprint density at radius 3 is 2.56 bits per heavy atom. The summed E-state index contributed by atoms with van der Waals surface area (Å²) in [6, 6.07) is 12.6.